The molecule has 0 aliphatic rings. The maximum absolute atomic E-state index is 11.8. The number of hydrogen-bond donors (Lipinski definition) is 2. The fourth-order valence-corrected chi connectivity index (χ4v) is 1.27. The van der Waals surface area contributed by atoms with E-state index in [-0.39, 0.29) is 22.4 Å². The number of nitrogens with one attached hydrogen (secondary N) is 1. The number of carbonyl (C=O) groups is 1. The van der Waals surface area contributed by atoms with Crippen molar-refractivity contribution in [3.05, 3.63) is 18.0 Å². The summed E-state index contributed by atoms with van der Waals surface area (Å²) in [6.07, 6.45) is 1.08. The largest absolute Gasteiger partial charge is 0.446 e. The van der Waals surface area contributed by atoms with Crippen LogP contribution in [0.15, 0.2) is 17.2 Å². The highest BCUT2D eigenvalue weighted by Crippen LogP contribution is 2.36. The van der Waals surface area contributed by atoms with Crippen molar-refractivity contribution in [1.29, 1.82) is 0 Å². The van der Waals surface area contributed by atoms with Gasteiger partial charge in [0.05, 0.1) is 0 Å². The zero-order valence-electron chi connectivity index (χ0n) is 6.18. The molecule has 0 aliphatic heterocycles. The molecule has 1 amide bonds. The van der Waals surface area contributed by atoms with Crippen molar-refractivity contribution in [2.24, 2.45) is 5.73 Å². The maximum Gasteiger partial charge on any atom is 0.446 e. The van der Waals surface area contributed by atoms with Crippen molar-refractivity contribution in [2.75, 3.05) is 0 Å². The number of aromatic amines is 1. The highest BCUT2D eigenvalue weighted by molar-refractivity contribution is 8.00. The molecule has 0 bridgehead atoms. The monoisotopic (exact) mass is 210 g/mol. The second-order valence-corrected chi connectivity index (χ2v) is 3.30. The molecule has 72 valence electrons. The van der Waals surface area contributed by atoms with E-state index in [0.29, 0.717) is 0 Å². The number of halogens is 3. The highest BCUT2D eigenvalue weighted by Gasteiger charge is 2.29. The highest BCUT2D eigenvalue weighted by atomic mass is 32.2. The van der Waals surface area contributed by atoms with Crippen LogP contribution >= 0.6 is 11.8 Å². The first kappa shape index (κ1) is 9.97. The van der Waals surface area contributed by atoms with Crippen molar-refractivity contribution in [1.82, 2.24) is 4.98 Å². The second-order valence-electron chi connectivity index (χ2n) is 2.16. The van der Waals surface area contributed by atoms with Gasteiger partial charge in [0.15, 0.2) is 0 Å². The molecule has 1 heterocycles. The van der Waals surface area contributed by atoms with Gasteiger partial charge in [-0.15, -0.1) is 0 Å². The van der Waals surface area contributed by atoms with Gasteiger partial charge in [-0.3, -0.25) is 4.79 Å². The molecule has 1 aromatic rings. The van der Waals surface area contributed by atoms with Gasteiger partial charge in [0.25, 0.3) is 5.91 Å². The summed E-state index contributed by atoms with van der Waals surface area (Å²) in [5, 5.41) is 0. The predicted molar refractivity (Wildman–Crippen MR) is 41.2 cm³/mol. The van der Waals surface area contributed by atoms with E-state index in [1.54, 1.807) is 0 Å². The molecule has 3 nitrogen and oxygen atoms in total. The maximum atomic E-state index is 11.8. The average Bonchev–Trinajstić information content (AvgIpc) is 2.31. The summed E-state index contributed by atoms with van der Waals surface area (Å²) in [5.41, 5.74) is 0.445. The first-order valence-corrected chi connectivity index (χ1v) is 3.94. The van der Waals surface area contributed by atoms with Gasteiger partial charge in [-0.25, -0.2) is 0 Å². The van der Waals surface area contributed by atoms with Crippen LogP contribution in [0.3, 0.4) is 0 Å². The average molecular weight is 210 g/mol. The second kappa shape index (κ2) is 3.33. The van der Waals surface area contributed by atoms with Gasteiger partial charge in [-0.1, -0.05) is 0 Å². The quantitative estimate of drug-likeness (QED) is 0.730. The SMILES string of the molecule is NC(=O)c1cc(SC(F)(F)F)c[nH]1. The van der Waals surface area contributed by atoms with Crippen molar-refractivity contribution in [3.8, 4) is 0 Å². The van der Waals surface area contributed by atoms with E-state index >= 15 is 0 Å². The molecule has 0 spiro atoms. The summed E-state index contributed by atoms with van der Waals surface area (Å²) in [7, 11) is 0. The Morgan fingerprint density at radius 1 is 1.54 bits per heavy atom. The number of primary amides is 1. The van der Waals surface area contributed by atoms with Crippen LogP contribution in [-0.2, 0) is 0 Å². The molecule has 1 aromatic heterocycles. The molecule has 0 saturated heterocycles. The third-order valence-corrected chi connectivity index (χ3v) is 1.86. The van der Waals surface area contributed by atoms with E-state index in [0.717, 1.165) is 12.3 Å². The van der Waals surface area contributed by atoms with Crippen LogP contribution in [-0.4, -0.2) is 16.4 Å². The lowest BCUT2D eigenvalue weighted by Crippen LogP contribution is -2.10. The standard InChI is InChI=1S/C6H5F3N2OS/c7-6(8,9)13-3-1-4(5(10)12)11-2-3/h1-2,11H,(H2,10,12). The van der Waals surface area contributed by atoms with Crippen molar-refractivity contribution >= 4 is 17.7 Å². The molecule has 7 heteroatoms. The summed E-state index contributed by atoms with van der Waals surface area (Å²) in [6.45, 7) is 0. The van der Waals surface area contributed by atoms with Crippen LogP contribution in [0, 0.1) is 0 Å². The molecule has 13 heavy (non-hydrogen) atoms. The first-order chi connectivity index (χ1) is 5.88. The number of hydrogen-bond acceptors (Lipinski definition) is 2. The Kier molecular flexibility index (Phi) is 2.55. The van der Waals surface area contributed by atoms with E-state index in [9.17, 15) is 18.0 Å². The Morgan fingerprint density at radius 2 is 2.15 bits per heavy atom. The Labute approximate surface area is 75.5 Å². The lowest BCUT2D eigenvalue weighted by Gasteiger charge is -2.01. The van der Waals surface area contributed by atoms with Gasteiger partial charge in [-0.05, 0) is 17.8 Å². The first-order valence-electron chi connectivity index (χ1n) is 3.12. The van der Waals surface area contributed by atoms with E-state index < -0.39 is 11.4 Å². The van der Waals surface area contributed by atoms with Crippen molar-refractivity contribution in [3.63, 3.8) is 0 Å². The summed E-state index contributed by atoms with van der Waals surface area (Å²) < 4.78 is 35.4. The Bertz CT molecular complexity index is 320. The number of rotatable bonds is 2. The van der Waals surface area contributed by atoms with Gasteiger partial charge >= 0.3 is 5.51 Å². The van der Waals surface area contributed by atoms with Gasteiger partial charge in [0, 0.05) is 11.1 Å². The molecule has 0 aromatic carbocycles. The van der Waals surface area contributed by atoms with Crippen LogP contribution in [0.5, 0.6) is 0 Å². The Morgan fingerprint density at radius 3 is 2.54 bits per heavy atom. The third-order valence-electron chi connectivity index (χ3n) is 1.16. The normalized spacial score (nSPS) is 11.6. The van der Waals surface area contributed by atoms with E-state index in [4.69, 9.17) is 5.73 Å². The molecule has 0 saturated carbocycles. The molecule has 0 radical (unpaired) electrons. The lowest BCUT2D eigenvalue weighted by molar-refractivity contribution is -0.0328. The summed E-state index contributed by atoms with van der Waals surface area (Å²) in [5.74, 6) is -0.783. The van der Waals surface area contributed by atoms with Crippen LogP contribution in [0.4, 0.5) is 13.2 Å². The lowest BCUT2D eigenvalue weighted by atomic mass is 10.4. The zero-order valence-corrected chi connectivity index (χ0v) is 7.00. The fraction of sp³-hybridized carbons (Fsp3) is 0.167. The number of amides is 1. The minimum Gasteiger partial charge on any atom is -0.364 e. The smallest absolute Gasteiger partial charge is 0.364 e. The molecule has 0 unspecified atom stereocenters. The molecule has 0 atom stereocenters. The number of thioether (sulfide) groups is 1. The van der Waals surface area contributed by atoms with Gasteiger partial charge < -0.3 is 10.7 Å². The van der Waals surface area contributed by atoms with Crippen molar-refractivity contribution < 1.29 is 18.0 Å². The Hall–Kier alpha value is -1.11. The van der Waals surface area contributed by atoms with Crippen LogP contribution in [0.25, 0.3) is 0 Å². The zero-order chi connectivity index (χ0) is 10.1. The minimum atomic E-state index is -4.35. The van der Waals surface area contributed by atoms with Crippen LogP contribution < -0.4 is 5.73 Å². The number of alkyl halides is 3. The molecular weight excluding hydrogens is 205 g/mol. The molecule has 0 aliphatic carbocycles. The van der Waals surface area contributed by atoms with Crippen molar-refractivity contribution in [2.45, 2.75) is 10.4 Å². The van der Waals surface area contributed by atoms with E-state index in [1.165, 1.54) is 0 Å². The third kappa shape index (κ3) is 3.02. The summed E-state index contributed by atoms with van der Waals surface area (Å²) in [4.78, 5) is 12.7. The number of carbonyl (C=O) groups excluding carboxylic acids is 1. The predicted octanol–water partition coefficient (Wildman–Crippen LogP) is 1.73. The summed E-state index contributed by atoms with van der Waals surface area (Å²) in [6, 6.07) is 1.06. The van der Waals surface area contributed by atoms with Gasteiger partial charge in [0.2, 0.25) is 0 Å². The molecular formula is C6H5F3N2OS. The summed E-state index contributed by atoms with van der Waals surface area (Å²) >= 11 is -0.300. The molecule has 1 rings (SSSR count). The molecule has 0 fully saturated rings. The number of H-pyrrole nitrogens is 1. The topological polar surface area (TPSA) is 58.9 Å². The minimum absolute atomic E-state index is 0.0354. The van der Waals surface area contributed by atoms with Crippen LogP contribution in [0.2, 0.25) is 0 Å². The number of aromatic nitrogens is 1. The Balaban J connectivity index is 2.75. The van der Waals surface area contributed by atoms with E-state index in [1.807, 2.05) is 0 Å². The van der Waals surface area contributed by atoms with Gasteiger partial charge in [-0.2, -0.15) is 13.2 Å². The molecule has 3 N–H and O–H groups in total. The fourth-order valence-electron chi connectivity index (χ4n) is 0.709. The van der Waals surface area contributed by atoms with E-state index in [2.05, 4.69) is 4.98 Å². The number of nitrogens with two attached hydrogens (primary N) is 1. The van der Waals surface area contributed by atoms with Gasteiger partial charge in [0.1, 0.15) is 5.69 Å². The van der Waals surface area contributed by atoms with Crippen LogP contribution in [0.1, 0.15) is 10.5 Å².